The summed E-state index contributed by atoms with van der Waals surface area (Å²) in [7, 11) is 1.62. The molecule has 1 aromatic rings. The molecule has 1 aliphatic carbocycles. The zero-order valence-electron chi connectivity index (χ0n) is 14.9. The second-order valence-corrected chi connectivity index (χ2v) is 6.49. The van der Waals surface area contributed by atoms with E-state index in [2.05, 4.69) is 12.2 Å². The van der Waals surface area contributed by atoms with E-state index in [1.807, 2.05) is 31.2 Å². The molecular formula is C19H29NO4. The van der Waals surface area contributed by atoms with Gasteiger partial charge < -0.3 is 19.5 Å². The van der Waals surface area contributed by atoms with E-state index < -0.39 is 6.10 Å². The number of carbonyl (C=O) groups is 1. The zero-order valence-corrected chi connectivity index (χ0v) is 14.9. The highest BCUT2D eigenvalue weighted by atomic mass is 16.5. The van der Waals surface area contributed by atoms with E-state index in [4.69, 9.17) is 14.2 Å². The van der Waals surface area contributed by atoms with Crippen molar-refractivity contribution in [2.24, 2.45) is 5.92 Å². The Labute approximate surface area is 144 Å². The van der Waals surface area contributed by atoms with E-state index >= 15 is 0 Å². The molecule has 5 nitrogen and oxygen atoms in total. The maximum atomic E-state index is 12.1. The second-order valence-electron chi connectivity index (χ2n) is 6.49. The lowest BCUT2D eigenvalue weighted by molar-refractivity contribution is -0.137. The molecule has 1 saturated carbocycles. The number of benzene rings is 1. The van der Waals surface area contributed by atoms with Crippen LogP contribution in [0.1, 0.15) is 39.5 Å². The van der Waals surface area contributed by atoms with Gasteiger partial charge in [-0.2, -0.15) is 0 Å². The summed E-state index contributed by atoms with van der Waals surface area (Å²) in [6.07, 6.45) is 4.35. The minimum Gasteiger partial charge on any atom is -0.497 e. The number of hydrogen-bond acceptors (Lipinski definition) is 4. The summed E-state index contributed by atoms with van der Waals surface area (Å²) in [5.74, 6) is 2.09. The number of rotatable bonds is 8. The molecule has 0 aromatic heterocycles. The Morgan fingerprint density at radius 1 is 1.33 bits per heavy atom. The minimum atomic E-state index is -0.419. The molecule has 1 aliphatic rings. The first-order valence-electron chi connectivity index (χ1n) is 8.78. The summed E-state index contributed by atoms with van der Waals surface area (Å²) < 4.78 is 16.7. The topological polar surface area (TPSA) is 56.8 Å². The average Bonchev–Trinajstić information content (AvgIpc) is 2.58. The van der Waals surface area contributed by atoms with Crippen molar-refractivity contribution in [2.75, 3.05) is 20.3 Å². The van der Waals surface area contributed by atoms with Gasteiger partial charge in [0.05, 0.1) is 19.8 Å². The van der Waals surface area contributed by atoms with Crippen LogP contribution in [0.2, 0.25) is 0 Å². The van der Waals surface area contributed by atoms with Crippen LogP contribution < -0.4 is 14.8 Å². The third-order valence-corrected chi connectivity index (χ3v) is 4.37. The largest absolute Gasteiger partial charge is 0.497 e. The zero-order chi connectivity index (χ0) is 17.4. The molecule has 24 heavy (non-hydrogen) atoms. The van der Waals surface area contributed by atoms with E-state index in [0.717, 1.165) is 24.3 Å². The van der Waals surface area contributed by atoms with Crippen molar-refractivity contribution >= 4 is 5.91 Å². The number of methoxy groups -OCH3 is 1. The molecule has 0 bridgehead atoms. The van der Waals surface area contributed by atoms with Gasteiger partial charge in [0.25, 0.3) is 0 Å². The molecule has 3 atom stereocenters. The van der Waals surface area contributed by atoms with Crippen molar-refractivity contribution in [3.63, 3.8) is 0 Å². The first kappa shape index (κ1) is 18.6. The Balaban J connectivity index is 1.64. The molecule has 0 aliphatic heterocycles. The highest BCUT2D eigenvalue weighted by Crippen LogP contribution is 2.26. The first-order chi connectivity index (χ1) is 11.6. The fourth-order valence-corrected chi connectivity index (χ4v) is 3.03. The molecule has 3 unspecified atom stereocenters. The van der Waals surface area contributed by atoms with Crippen molar-refractivity contribution in [3.8, 4) is 11.5 Å². The van der Waals surface area contributed by atoms with Gasteiger partial charge in [-0.15, -0.1) is 0 Å². The van der Waals surface area contributed by atoms with Gasteiger partial charge in [0.2, 0.25) is 5.91 Å². The quantitative estimate of drug-likeness (QED) is 0.741. The van der Waals surface area contributed by atoms with Crippen LogP contribution in [0, 0.1) is 5.92 Å². The predicted molar refractivity (Wildman–Crippen MR) is 93.5 cm³/mol. The van der Waals surface area contributed by atoms with Crippen molar-refractivity contribution < 1.29 is 19.0 Å². The van der Waals surface area contributed by atoms with Crippen LogP contribution in [0.4, 0.5) is 0 Å². The molecule has 0 saturated heterocycles. The summed E-state index contributed by atoms with van der Waals surface area (Å²) in [6, 6.07) is 7.41. The lowest BCUT2D eigenvalue weighted by atomic mass is 9.88. The lowest BCUT2D eigenvalue weighted by Crippen LogP contribution is -2.39. The highest BCUT2D eigenvalue weighted by Gasteiger charge is 2.23. The van der Waals surface area contributed by atoms with Gasteiger partial charge in [-0.3, -0.25) is 4.79 Å². The number of ether oxygens (including phenoxy) is 3. The van der Waals surface area contributed by atoms with Gasteiger partial charge in [-0.25, -0.2) is 0 Å². The van der Waals surface area contributed by atoms with Gasteiger partial charge in [0, 0.05) is 6.07 Å². The van der Waals surface area contributed by atoms with Crippen LogP contribution in [-0.4, -0.2) is 38.4 Å². The number of amides is 1. The van der Waals surface area contributed by atoms with E-state index in [-0.39, 0.29) is 12.0 Å². The molecule has 1 fully saturated rings. The van der Waals surface area contributed by atoms with Crippen molar-refractivity contribution in [3.05, 3.63) is 24.3 Å². The number of nitrogens with one attached hydrogen (secondary N) is 1. The van der Waals surface area contributed by atoms with Gasteiger partial charge in [-0.05, 0) is 37.8 Å². The third-order valence-electron chi connectivity index (χ3n) is 4.37. The van der Waals surface area contributed by atoms with Crippen LogP contribution in [-0.2, 0) is 9.53 Å². The molecule has 5 heteroatoms. The first-order valence-corrected chi connectivity index (χ1v) is 8.78. The van der Waals surface area contributed by atoms with E-state index in [0.29, 0.717) is 19.1 Å². The average molecular weight is 335 g/mol. The number of carbonyl (C=O) groups excluding carboxylic acids is 1. The molecule has 2 rings (SSSR count). The van der Waals surface area contributed by atoms with Crippen LogP contribution >= 0.6 is 0 Å². The van der Waals surface area contributed by atoms with Gasteiger partial charge in [0.15, 0.2) is 0 Å². The maximum absolute atomic E-state index is 12.1. The summed E-state index contributed by atoms with van der Waals surface area (Å²) in [5, 5.41) is 2.86. The molecule has 1 amide bonds. The van der Waals surface area contributed by atoms with Gasteiger partial charge >= 0.3 is 0 Å². The third kappa shape index (κ3) is 6.04. The smallest absolute Gasteiger partial charge is 0.248 e. The fourth-order valence-electron chi connectivity index (χ4n) is 3.03. The Bertz CT molecular complexity index is 520. The SMILES string of the molecule is COc1cccc(OCCNC(=O)C(C)OC2CCCC(C)C2)c1. The standard InChI is InChI=1S/C19H29NO4/c1-14-6-4-9-18(12-14)24-15(2)19(21)20-10-11-23-17-8-5-7-16(13-17)22-3/h5,7-8,13-15,18H,4,6,9-12H2,1-3H3,(H,20,21). The van der Waals surface area contributed by atoms with Crippen LogP contribution in [0.15, 0.2) is 24.3 Å². The van der Waals surface area contributed by atoms with Crippen LogP contribution in [0.3, 0.4) is 0 Å². The van der Waals surface area contributed by atoms with E-state index in [1.54, 1.807) is 7.11 Å². The Morgan fingerprint density at radius 2 is 2.12 bits per heavy atom. The maximum Gasteiger partial charge on any atom is 0.248 e. The van der Waals surface area contributed by atoms with E-state index in [9.17, 15) is 4.79 Å². The van der Waals surface area contributed by atoms with Gasteiger partial charge in [0.1, 0.15) is 24.2 Å². The summed E-state index contributed by atoms with van der Waals surface area (Å²) >= 11 is 0. The summed E-state index contributed by atoms with van der Waals surface area (Å²) in [6.45, 7) is 4.92. The monoisotopic (exact) mass is 335 g/mol. The number of hydrogen-bond donors (Lipinski definition) is 1. The van der Waals surface area contributed by atoms with Crippen LogP contribution in [0.25, 0.3) is 0 Å². The van der Waals surface area contributed by atoms with Crippen molar-refractivity contribution in [2.45, 2.75) is 51.7 Å². The van der Waals surface area contributed by atoms with Crippen LogP contribution in [0.5, 0.6) is 11.5 Å². The molecule has 1 aromatic carbocycles. The Kier molecular flexibility index (Phi) is 7.37. The normalized spacial score (nSPS) is 21.8. The second kappa shape index (κ2) is 9.52. The summed E-state index contributed by atoms with van der Waals surface area (Å²) in [4.78, 5) is 12.1. The Morgan fingerprint density at radius 3 is 2.88 bits per heavy atom. The molecule has 0 spiro atoms. The fraction of sp³-hybridized carbons (Fsp3) is 0.632. The van der Waals surface area contributed by atoms with E-state index in [1.165, 1.54) is 12.8 Å². The highest BCUT2D eigenvalue weighted by molar-refractivity contribution is 5.80. The molecule has 134 valence electrons. The van der Waals surface area contributed by atoms with Crippen molar-refractivity contribution in [1.82, 2.24) is 5.32 Å². The van der Waals surface area contributed by atoms with Crippen molar-refractivity contribution in [1.29, 1.82) is 0 Å². The molecule has 0 radical (unpaired) electrons. The lowest BCUT2D eigenvalue weighted by Gasteiger charge is -2.28. The Hall–Kier alpha value is -1.75. The predicted octanol–water partition coefficient (Wildman–Crippen LogP) is 3.17. The molecule has 0 heterocycles. The minimum absolute atomic E-state index is 0.0810. The molecular weight excluding hydrogens is 306 g/mol. The molecule has 1 N–H and O–H groups in total. The van der Waals surface area contributed by atoms with Gasteiger partial charge in [-0.1, -0.05) is 25.8 Å². The summed E-state index contributed by atoms with van der Waals surface area (Å²) in [5.41, 5.74) is 0.